The van der Waals surface area contributed by atoms with Crippen LogP contribution in [0.3, 0.4) is 0 Å². The van der Waals surface area contributed by atoms with E-state index in [-0.39, 0.29) is 35.3 Å². The maximum atomic E-state index is 12.5. The number of carbonyl (C=O) groups excluding carboxylic acids is 2. The molecule has 12 heteroatoms. The number of anilines is 1. The molecule has 11 nitrogen and oxygen atoms in total. The number of ether oxygens (including phenoxy) is 2. The molecule has 5 rings (SSSR count). The first-order valence-electron chi connectivity index (χ1n) is 12.6. The first kappa shape index (κ1) is 26.7. The second-order valence-electron chi connectivity index (χ2n) is 9.62. The number of aromatic nitrogens is 4. The fourth-order valence-electron chi connectivity index (χ4n) is 5.36. The number of nitrogens with two attached hydrogens (primary N) is 1. The van der Waals surface area contributed by atoms with E-state index in [1.54, 1.807) is 23.7 Å². The van der Waals surface area contributed by atoms with Crippen molar-refractivity contribution in [3.8, 4) is 11.8 Å². The summed E-state index contributed by atoms with van der Waals surface area (Å²) >= 11 is 6.63. The zero-order chi connectivity index (χ0) is 27.8. The third-order valence-electron chi connectivity index (χ3n) is 7.20. The van der Waals surface area contributed by atoms with Crippen molar-refractivity contribution in [3.05, 3.63) is 52.5 Å². The molecule has 0 bridgehead atoms. The molecule has 1 aromatic carbocycles. The van der Waals surface area contributed by atoms with E-state index in [2.05, 4.69) is 38.4 Å². The molecular formula is C27H30ClN7O4. The number of carbonyl (C=O) groups is 2. The highest BCUT2D eigenvalue weighted by Crippen LogP contribution is 2.33. The molecule has 39 heavy (non-hydrogen) atoms. The molecule has 0 saturated carbocycles. The Morgan fingerprint density at radius 2 is 2.10 bits per heavy atom. The lowest BCUT2D eigenvalue weighted by Gasteiger charge is -2.28. The second-order valence-corrected chi connectivity index (χ2v) is 10.0. The number of rotatable bonds is 7. The van der Waals surface area contributed by atoms with E-state index >= 15 is 0 Å². The molecule has 0 radical (unpaired) electrons. The molecule has 4 heterocycles. The number of primary amides is 1. The second kappa shape index (κ2) is 10.7. The number of fused-ring (bicyclic) bond motifs is 1. The molecule has 0 spiro atoms. The molecule has 0 aliphatic carbocycles. The highest BCUT2D eigenvalue weighted by atomic mass is 35.5. The largest absolute Gasteiger partial charge is 0.383 e. The van der Waals surface area contributed by atoms with Crippen molar-refractivity contribution in [2.24, 2.45) is 5.73 Å². The van der Waals surface area contributed by atoms with Gasteiger partial charge in [0.2, 0.25) is 5.91 Å². The van der Waals surface area contributed by atoms with Crippen LogP contribution in [0, 0.1) is 18.8 Å². The predicted octanol–water partition coefficient (Wildman–Crippen LogP) is 2.28. The summed E-state index contributed by atoms with van der Waals surface area (Å²) in [6, 6.07) is 3.53. The minimum absolute atomic E-state index is 0.161. The number of imidazole rings is 1. The van der Waals surface area contributed by atoms with Gasteiger partial charge in [0, 0.05) is 26.3 Å². The number of benzene rings is 1. The van der Waals surface area contributed by atoms with Gasteiger partial charge in [0.15, 0.2) is 5.69 Å². The molecule has 3 N–H and O–H groups in total. The summed E-state index contributed by atoms with van der Waals surface area (Å²) in [5.74, 6) is 6.50. The monoisotopic (exact) mass is 551 g/mol. The van der Waals surface area contributed by atoms with Gasteiger partial charge in [-0.15, -0.1) is 0 Å². The molecule has 0 unspecified atom stereocenters. The number of methoxy groups -OCH3 is 1. The molecule has 2 aliphatic rings. The Morgan fingerprint density at radius 3 is 2.72 bits per heavy atom. The SMILES string of the molecule is C=CC(=O)N1C[C@@H](n2nc(C#Cc3cc4nc(C)n(C5COC5)c4cc3Cl)c(C(N)=O)c2NC)C[C@@H]1COC. The summed E-state index contributed by atoms with van der Waals surface area (Å²) in [7, 11) is 3.27. The van der Waals surface area contributed by atoms with E-state index < -0.39 is 5.91 Å². The van der Waals surface area contributed by atoms with Crippen LogP contribution in [0.1, 0.15) is 45.9 Å². The Kier molecular flexibility index (Phi) is 7.36. The third-order valence-corrected chi connectivity index (χ3v) is 7.52. The van der Waals surface area contributed by atoms with Crippen molar-refractivity contribution < 1.29 is 19.1 Å². The lowest BCUT2D eigenvalue weighted by Crippen LogP contribution is -2.37. The minimum atomic E-state index is -0.668. The fourth-order valence-corrected chi connectivity index (χ4v) is 5.56. The van der Waals surface area contributed by atoms with Gasteiger partial charge < -0.3 is 30.0 Å². The van der Waals surface area contributed by atoms with Gasteiger partial charge in [-0.05, 0) is 37.5 Å². The quantitative estimate of drug-likeness (QED) is 0.340. The minimum Gasteiger partial charge on any atom is -0.383 e. The van der Waals surface area contributed by atoms with Gasteiger partial charge in [-0.3, -0.25) is 9.59 Å². The van der Waals surface area contributed by atoms with Gasteiger partial charge in [-0.25, -0.2) is 9.67 Å². The fraction of sp³-hybridized carbons (Fsp3) is 0.407. The van der Waals surface area contributed by atoms with Crippen molar-refractivity contribution in [2.45, 2.75) is 31.5 Å². The van der Waals surface area contributed by atoms with E-state index in [4.69, 9.17) is 26.8 Å². The van der Waals surface area contributed by atoms with Crippen LogP contribution in [0.2, 0.25) is 5.02 Å². The van der Waals surface area contributed by atoms with Crippen LogP contribution < -0.4 is 11.1 Å². The van der Waals surface area contributed by atoms with Gasteiger partial charge in [-0.2, -0.15) is 5.10 Å². The van der Waals surface area contributed by atoms with Crippen molar-refractivity contribution >= 4 is 40.3 Å². The van der Waals surface area contributed by atoms with Crippen LogP contribution in [0.15, 0.2) is 24.8 Å². The van der Waals surface area contributed by atoms with Gasteiger partial charge >= 0.3 is 0 Å². The van der Waals surface area contributed by atoms with Crippen LogP contribution in [-0.4, -0.2) is 82.6 Å². The molecule has 2 atom stereocenters. The zero-order valence-electron chi connectivity index (χ0n) is 22.0. The highest BCUT2D eigenvalue weighted by molar-refractivity contribution is 6.32. The zero-order valence-corrected chi connectivity index (χ0v) is 22.8. The number of aryl methyl sites for hydroxylation is 1. The summed E-state index contributed by atoms with van der Waals surface area (Å²) in [5, 5.41) is 8.16. The van der Waals surface area contributed by atoms with Crippen molar-refractivity contribution in [1.29, 1.82) is 0 Å². The van der Waals surface area contributed by atoms with Gasteiger partial charge in [-0.1, -0.05) is 24.1 Å². The Hall–Kier alpha value is -3.85. The molecule has 2 saturated heterocycles. The van der Waals surface area contributed by atoms with Gasteiger partial charge in [0.1, 0.15) is 17.2 Å². The molecule has 2 fully saturated rings. The Morgan fingerprint density at radius 1 is 1.33 bits per heavy atom. The summed E-state index contributed by atoms with van der Waals surface area (Å²) in [6.07, 6.45) is 1.86. The topological polar surface area (TPSA) is 130 Å². The molecule has 3 aromatic rings. The smallest absolute Gasteiger partial charge is 0.255 e. The van der Waals surface area contributed by atoms with E-state index in [0.29, 0.717) is 49.2 Å². The normalized spacial score (nSPS) is 19.0. The highest BCUT2D eigenvalue weighted by Gasteiger charge is 2.38. The summed E-state index contributed by atoms with van der Waals surface area (Å²) < 4.78 is 14.5. The van der Waals surface area contributed by atoms with E-state index in [9.17, 15) is 9.59 Å². The average Bonchev–Trinajstić information content (AvgIpc) is 3.55. The number of hydrogen-bond donors (Lipinski definition) is 2. The van der Waals surface area contributed by atoms with E-state index in [1.165, 1.54) is 6.08 Å². The number of amides is 2. The summed E-state index contributed by atoms with van der Waals surface area (Å²) in [4.78, 5) is 31.4. The van der Waals surface area contributed by atoms with Crippen molar-refractivity contribution in [3.63, 3.8) is 0 Å². The van der Waals surface area contributed by atoms with E-state index in [0.717, 1.165) is 16.9 Å². The maximum Gasteiger partial charge on any atom is 0.255 e. The number of halogens is 1. The molecular weight excluding hydrogens is 522 g/mol. The van der Waals surface area contributed by atoms with Crippen molar-refractivity contribution in [1.82, 2.24) is 24.2 Å². The maximum absolute atomic E-state index is 12.5. The predicted molar refractivity (Wildman–Crippen MR) is 147 cm³/mol. The van der Waals surface area contributed by atoms with Crippen LogP contribution in [0.4, 0.5) is 5.82 Å². The lowest BCUT2D eigenvalue weighted by atomic mass is 10.1. The molecule has 2 aromatic heterocycles. The molecule has 2 aliphatic heterocycles. The molecule has 2 amide bonds. The van der Waals surface area contributed by atoms with Crippen LogP contribution in [-0.2, 0) is 14.3 Å². The Bertz CT molecular complexity index is 1530. The number of nitrogens with zero attached hydrogens (tertiary/aromatic N) is 5. The standard InChI is InChI=1S/C27H30ClN7O4/c1-5-24(36)33-11-17(9-18(33)12-38-4)35-27(30-3)25(26(29)37)21(32-35)7-6-16-8-22-23(10-20(16)28)34(15(2)31-22)19-13-39-14-19/h5,8,10,17-19,30H,1,9,11-14H2,2-4H3,(H2,29,37)/t17-,18+/m0/s1. The van der Waals surface area contributed by atoms with Gasteiger partial charge in [0.25, 0.3) is 5.91 Å². The summed E-state index contributed by atoms with van der Waals surface area (Å²) in [6.45, 7) is 7.58. The first-order valence-corrected chi connectivity index (χ1v) is 12.9. The van der Waals surface area contributed by atoms with Crippen molar-refractivity contribution in [2.75, 3.05) is 45.8 Å². The van der Waals surface area contributed by atoms with E-state index in [1.807, 2.05) is 19.1 Å². The third kappa shape index (κ3) is 4.76. The van der Waals surface area contributed by atoms with Crippen LogP contribution >= 0.6 is 11.6 Å². The van der Waals surface area contributed by atoms with Crippen LogP contribution in [0.25, 0.3) is 11.0 Å². The number of likely N-dealkylation sites (tertiary alicyclic amines) is 1. The van der Waals surface area contributed by atoms with Gasteiger partial charge in [0.05, 0.1) is 54.0 Å². The number of hydrogen-bond acceptors (Lipinski definition) is 7. The Labute approximate surface area is 230 Å². The molecule has 204 valence electrons. The number of nitrogens with one attached hydrogen (secondary N) is 1. The average molecular weight is 552 g/mol. The van der Waals surface area contributed by atoms with Crippen LogP contribution in [0.5, 0.6) is 0 Å². The Balaban J connectivity index is 1.52. The lowest BCUT2D eigenvalue weighted by molar-refractivity contribution is -0.127. The first-order chi connectivity index (χ1) is 18.8. The summed E-state index contributed by atoms with van der Waals surface area (Å²) in [5.41, 5.74) is 8.40.